The fraction of sp³-hybridized carbons (Fsp3) is 0.417. The third-order valence-corrected chi connectivity index (χ3v) is 2.83. The van der Waals surface area contributed by atoms with E-state index in [4.69, 9.17) is 21.1 Å². The molecular formula is C12H14ClNO3. The van der Waals surface area contributed by atoms with E-state index in [-0.39, 0.29) is 12.0 Å². The van der Waals surface area contributed by atoms with Crippen molar-refractivity contribution in [3.63, 3.8) is 0 Å². The molecule has 1 aromatic rings. The van der Waals surface area contributed by atoms with E-state index in [0.29, 0.717) is 23.9 Å². The molecule has 5 heteroatoms. The molecule has 1 aromatic carbocycles. The van der Waals surface area contributed by atoms with Crippen LogP contribution in [-0.2, 0) is 14.3 Å². The van der Waals surface area contributed by atoms with Gasteiger partial charge in [-0.25, -0.2) is 0 Å². The minimum atomic E-state index is -0.514. The second kappa shape index (κ2) is 5.49. The molecule has 0 aliphatic carbocycles. The fourth-order valence-electron chi connectivity index (χ4n) is 1.44. The lowest BCUT2D eigenvalue weighted by atomic mass is 10.2. The van der Waals surface area contributed by atoms with Crippen molar-refractivity contribution in [3.05, 3.63) is 29.3 Å². The number of benzene rings is 1. The molecule has 1 N–H and O–H groups in total. The maximum atomic E-state index is 11.8. The quantitative estimate of drug-likeness (QED) is 0.896. The van der Waals surface area contributed by atoms with Crippen molar-refractivity contribution in [2.24, 2.45) is 0 Å². The first-order chi connectivity index (χ1) is 8.16. The summed E-state index contributed by atoms with van der Waals surface area (Å²) in [4.78, 5) is 11.8. The highest BCUT2D eigenvalue weighted by molar-refractivity contribution is 6.33. The number of carbonyl (C=O) groups excluding carboxylic acids is 1. The van der Waals surface area contributed by atoms with Gasteiger partial charge in [0.2, 0.25) is 0 Å². The number of rotatable bonds is 4. The Balaban J connectivity index is 1.89. The summed E-state index contributed by atoms with van der Waals surface area (Å²) in [6.45, 7) is 2.83. The van der Waals surface area contributed by atoms with Gasteiger partial charge in [0, 0.05) is 0 Å². The number of nitrogens with one attached hydrogen (secondary N) is 1. The third kappa shape index (κ3) is 3.19. The van der Waals surface area contributed by atoms with E-state index in [0.717, 1.165) is 0 Å². The monoisotopic (exact) mass is 255 g/mol. The standard InChI is InChI=1S/C12H14ClNO3/c1-8(17-9-6-16-7-9)12(15)14-11-5-3-2-4-10(11)13/h2-5,8-9H,6-7H2,1H3,(H,14,15). The maximum absolute atomic E-state index is 11.8. The molecule has 0 spiro atoms. The van der Waals surface area contributed by atoms with Crippen LogP contribution >= 0.6 is 11.6 Å². The topological polar surface area (TPSA) is 47.6 Å². The van der Waals surface area contributed by atoms with Crippen LogP contribution < -0.4 is 5.32 Å². The van der Waals surface area contributed by atoms with Crippen LogP contribution in [0.3, 0.4) is 0 Å². The highest BCUT2D eigenvalue weighted by atomic mass is 35.5. The normalized spacial score (nSPS) is 17.3. The number of carbonyl (C=O) groups is 1. The summed E-state index contributed by atoms with van der Waals surface area (Å²) in [7, 11) is 0. The Morgan fingerprint density at radius 2 is 2.24 bits per heavy atom. The van der Waals surface area contributed by atoms with Crippen molar-refractivity contribution in [1.29, 1.82) is 0 Å². The summed E-state index contributed by atoms with van der Waals surface area (Å²) >= 11 is 5.94. The average molecular weight is 256 g/mol. The number of halogens is 1. The van der Waals surface area contributed by atoms with Gasteiger partial charge in [-0.15, -0.1) is 0 Å². The van der Waals surface area contributed by atoms with Crippen molar-refractivity contribution in [2.75, 3.05) is 18.5 Å². The molecule has 0 bridgehead atoms. The van der Waals surface area contributed by atoms with E-state index in [1.807, 2.05) is 12.1 Å². The minimum Gasteiger partial charge on any atom is -0.376 e. The first-order valence-corrected chi connectivity index (χ1v) is 5.83. The van der Waals surface area contributed by atoms with E-state index in [2.05, 4.69) is 5.32 Å². The minimum absolute atomic E-state index is 0.0296. The molecule has 1 aliphatic rings. The second-order valence-corrected chi connectivity index (χ2v) is 4.31. The summed E-state index contributed by atoms with van der Waals surface area (Å²) in [6.07, 6.45) is -0.484. The number of hydrogen-bond acceptors (Lipinski definition) is 3. The molecule has 1 amide bonds. The SMILES string of the molecule is CC(OC1COC1)C(=O)Nc1ccccc1Cl. The largest absolute Gasteiger partial charge is 0.376 e. The van der Waals surface area contributed by atoms with Gasteiger partial charge in [-0.1, -0.05) is 23.7 Å². The van der Waals surface area contributed by atoms with Gasteiger partial charge in [0.1, 0.15) is 12.2 Å². The molecule has 1 heterocycles. The molecule has 0 aromatic heterocycles. The van der Waals surface area contributed by atoms with Gasteiger partial charge in [-0.3, -0.25) is 4.79 Å². The van der Waals surface area contributed by atoms with Crippen LogP contribution in [0.15, 0.2) is 24.3 Å². The van der Waals surface area contributed by atoms with Gasteiger partial charge in [0.15, 0.2) is 0 Å². The van der Waals surface area contributed by atoms with Crippen LogP contribution in [0.4, 0.5) is 5.69 Å². The van der Waals surface area contributed by atoms with Gasteiger partial charge >= 0.3 is 0 Å². The molecule has 2 rings (SSSR count). The van der Waals surface area contributed by atoms with Crippen LogP contribution in [-0.4, -0.2) is 31.3 Å². The van der Waals surface area contributed by atoms with E-state index in [9.17, 15) is 4.79 Å². The lowest BCUT2D eigenvalue weighted by Crippen LogP contribution is -2.41. The summed E-state index contributed by atoms with van der Waals surface area (Å²) in [6, 6.07) is 7.10. The number of anilines is 1. The van der Waals surface area contributed by atoms with Crippen LogP contribution in [0, 0.1) is 0 Å². The molecule has 0 saturated carbocycles. The van der Waals surface area contributed by atoms with Gasteiger partial charge < -0.3 is 14.8 Å². The summed E-state index contributed by atoms with van der Waals surface area (Å²) in [5, 5.41) is 3.24. The van der Waals surface area contributed by atoms with Crippen molar-refractivity contribution in [2.45, 2.75) is 19.1 Å². The van der Waals surface area contributed by atoms with Crippen molar-refractivity contribution < 1.29 is 14.3 Å². The molecule has 0 radical (unpaired) electrons. The Kier molecular flexibility index (Phi) is 3.99. The van der Waals surface area contributed by atoms with E-state index in [1.54, 1.807) is 19.1 Å². The zero-order valence-electron chi connectivity index (χ0n) is 9.48. The third-order valence-electron chi connectivity index (χ3n) is 2.51. The molecular weight excluding hydrogens is 242 g/mol. The Labute approximate surface area is 105 Å². The van der Waals surface area contributed by atoms with Gasteiger partial charge in [0.25, 0.3) is 5.91 Å². The highest BCUT2D eigenvalue weighted by Crippen LogP contribution is 2.21. The molecule has 1 atom stereocenters. The molecule has 4 nitrogen and oxygen atoms in total. The van der Waals surface area contributed by atoms with Crippen LogP contribution in [0.1, 0.15) is 6.92 Å². The van der Waals surface area contributed by atoms with E-state index >= 15 is 0 Å². The Hall–Kier alpha value is -1.10. The first-order valence-electron chi connectivity index (χ1n) is 5.45. The number of ether oxygens (including phenoxy) is 2. The van der Waals surface area contributed by atoms with Crippen molar-refractivity contribution in [3.8, 4) is 0 Å². The number of para-hydroxylation sites is 1. The lowest BCUT2D eigenvalue weighted by Gasteiger charge is -2.28. The van der Waals surface area contributed by atoms with Gasteiger partial charge in [-0.2, -0.15) is 0 Å². The number of hydrogen-bond donors (Lipinski definition) is 1. The predicted octanol–water partition coefficient (Wildman–Crippen LogP) is 2.08. The Bertz CT molecular complexity index is 406. The molecule has 1 saturated heterocycles. The first kappa shape index (κ1) is 12.4. The fourth-order valence-corrected chi connectivity index (χ4v) is 1.62. The van der Waals surface area contributed by atoms with Crippen LogP contribution in [0.5, 0.6) is 0 Å². The zero-order valence-corrected chi connectivity index (χ0v) is 10.2. The van der Waals surface area contributed by atoms with Gasteiger partial charge in [-0.05, 0) is 19.1 Å². The highest BCUT2D eigenvalue weighted by Gasteiger charge is 2.25. The number of amides is 1. The molecule has 17 heavy (non-hydrogen) atoms. The predicted molar refractivity (Wildman–Crippen MR) is 65.2 cm³/mol. The van der Waals surface area contributed by atoms with Crippen molar-refractivity contribution >= 4 is 23.2 Å². The van der Waals surface area contributed by atoms with Crippen molar-refractivity contribution in [1.82, 2.24) is 0 Å². The van der Waals surface area contributed by atoms with E-state index in [1.165, 1.54) is 0 Å². The summed E-state index contributed by atoms with van der Waals surface area (Å²) < 4.78 is 10.5. The smallest absolute Gasteiger partial charge is 0.253 e. The maximum Gasteiger partial charge on any atom is 0.253 e. The zero-order chi connectivity index (χ0) is 12.3. The Morgan fingerprint density at radius 3 is 2.82 bits per heavy atom. The van der Waals surface area contributed by atoms with E-state index < -0.39 is 6.10 Å². The molecule has 1 aliphatic heterocycles. The summed E-state index contributed by atoms with van der Waals surface area (Å²) in [5.41, 5.74) is 0.597. The average Bonchev–Trinajstić information content (AvgIpc) is 2.26. The van der Waals surface area contributed by atoms with Crippen LogP contribution in [0.2, 0.25) is 5.02 Å². The van der Waals surface area contributed by atoms with Gasteiger partial charge in [0.05, 0.1) is 23.9 Å². The lowest BCUT2D eigenvalue weighted by molar-refractivity contribution is -0.161. The summed E-state index contributed by atoms with van der Waals surface area (Å²) in [5.74, 6) is -0.204. The second-order valence-electron chi connectivity index (χ2n) is 3.91. The Morgan fingerprint density at radius 1 is 1.53 bits per heavy atom. The molecule has 92 valence electrons. The van der Waals surface area contributed by atoms with Crippen LogP contribution in [0.25, 0.3) is 0 Å². The molecule has 1 unspecified atom stereocenters. The molecule has 1 fully saturated rings.